The number of azide groups is 1. The van der Waals surface area contributed by atoms with Crippen LogP contribution in [0, 0.1) is 0 Å². The van der Waals surface area contributed by atoms with Gasteiger partial charge in [-0.05, 0) is 88.4 Å². The van der Waals surface area contributed by atoms with E-state index in [1.165, 1.54) is 0 Å². The normalized spacial score (nSPS) is 23.2. The molecule has 2 fully saturated rings. The predicted molar refractivity (Wildman–Crippen MR) is 367 cm³/mol. The molecule has 2 saturated heterocycles. The number of methoxy groups -OCH3 is 1. The van der Waals surface area contributed by atoms with E-state index in [0.29, 0.717) is 29.7 Å². The highest BCUT2D eigenvalue weighted by Crippen LogP contribution is 2.55. The largest absolute Gasteiger partial charge is 0.497 e. The van der Waals surface area contributed by atoms with E-state index in [1.54, 1.807) is 33.1 Å². The second-order valence-corrected chi connectivity index (χ2v) is 32.5. The SMILES string of the molecule is CCC(=O)O[C@H](CC)CC(=O)NC1[C@H](OCC2O[C@@H](O[Si](C)(C)C(C)(C)C)C(N=[N+]=[N-])[C@@H](OC(=O)C[C@@H](CC)OCc3ccccc3)[C@@H]2OCc2ccccc2)OC(COCc2ccccc2)[C@@H](OP2(=O)OCc3ccccc3CO2)[C@@H]1OC(=O)C[C@@H](CC)OCc1ccc(OC)cc1. The highest BCUT2D eigenvalue weighted by molar-refractivity contribution is 7.48. The van der Waals surface area contributed by atoms with Crippen LogP contribution in [0.2, 0.25) is 18.1 Å². The fraction of sp³-hybridized carbons (Fsp3) is 0.534. The van der Waals surface area contributed by atoms with Gasteiger partial charge in [0.1, 0.15) is 54.5 Å². The number of phosphoric ester groups is 1. The van der Waals surface area contributed by atoms with E-state index >= 15 is 9.36 Å². The Kier molecular flexibility index (Phi) is 30.0. The zero-order valence-electron chi connectivity index (χ0n) is 58.3. The van der Waals surface area contributed by atoms with Crippen molar-refractivity contribution in [2.75, 3.05) is 20.3 Å². The monoisotopic (exact) mass is 1410 g/mol. The summed E-state index contributed by atoms with van der Waals surface area (Å²) in [4.78, 5) is 60.7. The van der Waals surface area contributed by atoms with Crippen LogP contribution in [-0.4, -0.2) is 132 Å². The Bertz CT molecular complexity index is 3390. The molecule has 0 aromatic heterocycles. The standard InChI is InChI=1S/C73H97N4O20PSi/c1-11-55(85-42-50-28-20-16-21-29-50)40-64(81)95-70-66(76-77-74)72(97-99(9,10)73(5,6)7)93-60(67(70)87-44-51-30-22-17-23-31-51)48-88-71-65(75-61(78)38-57(13-3)91-62(79)14-4)69(94-63(80)39-56(12-2)86-43-52-34-36-58(83-8)37-35-52)68(59(92-71)47-84-41-49-26-18-15-19-27-49)96-98(82)89-45-53-32-24-25-33-54(53)46-90-98/h15-37,55-57,59-60,65-72H,11-14,38-48H2,1-10H3,(H,75,78)/t55-,56-,57-,59?,60?,65?,66?,67-,68-,69-,70-,71-,72+/m1/s1. The van der Waals surface area contributed by atoms with E-state index in [9.17, 15) is 19.9 Å². The topological polar surface area (TPSA) is 285 Å². The van der Waals surface area contributed by atoms with Crippen molar-refractivity contribution in [2.24, 2.45) is 5.11 Å². The molecule has 1 N–H and O–H groups in total. The number of carbonyl (C=O) groups excluding carboxylic acids is 4. The van der Waals surface area contributed by atoms with Gasteiger partial charge in [-0.3, -0.25) is 32.7 Å². The van der Waals surface area contributed by atoms with E-state index in [-0.39, 0.29) is 78.4 Å². The number of nitrogens with zero attached hydrogens (tertiary/aromatic N) is 3. The van der Waals surface area contributed by atoms with Crippen LogP contribution in [0.15, 0.2) is 145 Å². The Morgan fingerprint density at radius 3 is 1.64 bits per heavy atom. The molecule has 1 amide bonds. The van der Waals surface area contributed by atoms with Crippen molar-refractivity contribution in [2.45, 2.75) is 231 Å². The van der Waals surface area contributed by atoms with E-state index < -0.39 is 131 Å². The summed E-state index contributed by atoms with van der Waals surface area (Å²) in [7, 11) is -6.03. The first-order chi connectivity index (χ1) is 47.6. The van der Waals surface area contributed by atoms with Gasteiger partial charge in [-0.25, -0.2) is 4.57 Å². The third-order valence-electron chi connectivity index (χ3n) is 17.9. The number of nitrogens with one attached hydrogen (secondary N) is 1. The Balaban J connectivity index is 1.22. The molecule has 13 atom stereocenters. The number of hydrogen-bond acceptors (Lipinski definition) is 21. The maximum absolute atomic E-state index is 15.3. The molecule has 8 rings (SSSR count). The van der Waals surface area contributed by atoms with Crippen LogP contribution >= 0.6 is 7.82 Å². The molecule has 3 aliphatic heterocycles. The third kappa shape index (κ3) is 23.3. The highest BCUT2D eigenvalue weighted by Gasteiger charge is 2.56. The first-order valence-corrected chi connectivity index (χ1v) is 38.3. The zero-order chi connectivity index (χ0) is 71.0. The molecule has 0 bridgehead atoms. The van der Waals surface area contributed by atoms with Crippen LogP contribution < -0.4 is 10.1 Å². The molecule has 24 nitrogen and oxygen atoms in total. The molecule has 3 heterocycles. The Morgan fingerprint density at radius 1 is 0.606 bits per heavy atom. The van der Waals surface area contributed by atoms with Gasteiger partial charge in [-0.15, -0.1) is 0 Å². The minimum atomic E-state index is -4.71. The second kappa shape index (κ2) is 38.2. The Labute approximate surface area is 581 Å². The van der Waals surface area contributed by atoms with Crippen molar-refractivity contribution in [3.63, 3.8) is 0 Å². The number of rotatable bonds is 36. The average Bonchev–Trinajstić information content (AvgIpc) is 1.08. The smallest absolute Gasteiger partial charge is 0.475 e. The summed E-state index contributed by atoms with van der Waals surface area (Å²) in [5, 5.41) is 6.82. The van der Waals surface area contributed by atoms with Gasteiger partial charge in [0.15, 0.2) is 27.0 Å². The molecule has 0 radical (unpaired) electrons. The molecule has 99 heavy (non-hydrogen) atoms. The Morgan fingerprint density at radius 2 is 1.11 bits per heavy atom. The van der Waals surface area contributed by atoms with Crippen LogP contribution in [0.4, 0.5) is 0 Å². The van der Waals surface area contributed by atoms with Crippen LogP contribution in [0.3, 0.4) is 0 Å². The van der Waals surface area contributed by atoms with E-state index in [4.69, 9.17) is 70.1 Å². The number of carbonyl (C=O) groups is 4. The summed E-state index contributed by atoms with van der Waals surface area (Å²) in [5.41, 5.74) is 15.0. The van der Waals surface area contributed by atoms with Crippen molar-refractivity contribution in [1.82, 2.24) is 5.32 Å². The van der Waals surface area contributed by atoms with Crippen molar-refractivity contribution in [3.8, 4) is 5.75 Å². The molecule has 0 aliphatic carbocycles. The van der Waals surface area contributed by atoms with Gasteiger partial charge >= 0.3 is 25.7 Å². The molecule has 538 valence electrons. The second-order valence-electron chi connectivity index (χ2n) is 26.1. The molecule has 3 aliphatic rings. The van der Waals surface area contributed by atoms with Crippen LogP contribution in [0.5, 0.6) is 5.75 Å². The zero-order valence-corrected chi connectivity index (χ0v) is 60.2. The fourth-order valence-electron chi connectivity index (χ4n) is 11.0. The molecule has 0 spiro atoms. The number of ether oxygens (including phenoxy) is 11. The molecule has 5 aromatic rings. The number of amides is 1. The van der Waals surface area contributed by atoms with Crippen LogP contribution in [0.25, 0.3) is 10.4 Å². The molecule has 0 saturated carbocycles. The third-order valence-corrected chi connectivity index (χ3v) is 23.7. The van der Waals surface area contributed by atoms with Crippen molar-refractivity contribution in [1.29, 1.82) is 0 Å². The number of phosphoric acid groups is 1. The summed E-state index contributed by atoms with van der Waals surface area (Å²) in [6.45, 7) is 16.3. The quantitative estimate of drug-likeness (QED) is 0.00741. The van der Waals surface area contributed by atoms with Crippen molar-refractivity contribution < 1.29 is 93.8 Å². The molecular formula is C73H97N4O20PSi. The predicted octanol–water partition coefficient (Wildman–Crippen LogP) is 13.4. The van der Waals surface area contributed by atoms with Gasteiger partial charge in [0.05, 0.1) is 91.4 Å². The van der Waals surface area contributed by atoms with Gasteiger partial charge in [0.25, 0.3) is 0 Å². The molecular weight excluding hydrogens is 1310 g/mol. The minimum absolute atomic E-state index is 0.0404. The summed E-state index contributed by atoms with van der Waals surface area (Å²) < 4.78 is 112. The van der Waals surface area contributed by atoms with Crippen LogP contribution in [-0.2, 0) is 129 Å². The van der Waals surface area contributed by atoms with E-state index in [2.05, 4.69) is 15.3 Å². The number of fused-ring (bicyclic) bond motifs is 1. The lowest BCUT2D eigenvalue weighted by molar-refractivity contribution is -0.301. The van der Waals surface area contributed by atoms with Gasteiger partial charge in [-0.2, -0.15) is 0 Å². The summed E-state index contributed by atoms with van der Waals surface area (Å²) in [6.07, 6.45) is -13.8. The molecule has 26 heteroatoms. The number of esters is 3. The average molecular weight is 1410 g/mol. The first kappa shape index (κ1) is 77.8. The summed E-state index contributed by atoms with van der Waals surface area (Å²) in [6, 6.07) is 39.7. The summed E-state index contributed by atoms with van der Waals surface area (Å²) >= 11 is 0. The van der Waals surface area contributed by atoms with Crippen LogP contribution in [0.1, 0.15) is 127 Å². The maximum atomic E-state index is 15.3. The number of benzene rings is 5. The summed E-state index contributed by atoms with van der Waals surface area (Å²) in [5.74, 6) is -2.10. The van der Waals surface area contributed by atoms with E-state index in [1.807, 2.05) is 175 Å². The van der Waals surface area contributed by atoms with Crippen molar-refractivity contribution in [3.05, 3.63) is 183 Å². The lowest BCUT2D eigenvalue weighted by atomic mass is 9.95. The number of hydrogen-bond donors (Lipinski definition) is 1. The van der Waals surface area contributed by atoms with Gasteiger partial charge < -0.3 is 61.8 Å². The van der Waals surface area contributed by atoms with E-state index in [0.717, 1.165) is 22.3 Å². The fourth-order valence-corrected chi connectivity index (χ4v) is 13.5. The first-order valence-electron chi connectivity index (χ1n) is 34.0. The molecule has 4 unspecified atom stereocenters. The minimum Gasteiger partial charge on any atom is -0.497 e. The van der Waals surface area contributed by atoms with Gasteiger partial charge in [-0.1, -0.05) is 181 Å². The highest BCUT2D eigenvalue weighted by atomic mass is 31.2. The lowest BCUT2D eigenvalue weighted by Crippen LogP contribution is -2.67. The van der Waals surface area contributed by atoms with Crippen molar-refractivity contribution >= 4 is 40.0 Å². The van der Waals surface area contributed by atoms with Gasteiger partial charge in [0, 0.05) is 11.3 Å². The Hall–Kier alpha value is -6.90. The maximum Gasteiger partial charge on any atom is 0.475 e. The molecule has 5 aromatic carbocycles. The lowest BCUT2D eigenvalue weighted by Gasteiger charge is -2.49. The van der Waals surface area contributed by atoms with Gasteiger partial charge in [0.2, 0.25) is 5.91 Å².